The van der Waals surface area contributed by atoms with Crippen LogP contribution >= 0.6 is 0 Å². The molecular formula is C21H23N3O. The predicted molar refractivity (Wildman–Crippen MR) is 98.9 cm³/mol. The lowest BCUT2D eigenvalue weighted by molar-refractivity contribution is -0.118. The maximum Gasteiger partial charge on any atom is 0.241 e. The third kappa shape index (κ3) is 4.46. The van der Waals surface area contributed by atoms with E-state index >= 15 is 0 Å². The van der Waals surface area contributed by atoms with Gasteiger partial charge in [-0.3, -0.25) is 9.69 Å². The van der Waals surface area contributed by atoms with Gasteiger partial charge in [-0.25, -0.2) is 0 Å². The summed E-state index contributed by atoms with van der Waals surface area (Å²) in [6.07, 6.45) is 1.79. The first kappa shape index (κ1) is 17.2. The van der Waals surface area contributed by atoms with Crippen LogP contribution in [0.1, 0.15) is 24.8 Å². The summed E-state index contributed by atoms with van der Waals surface area (Å²) in [5.74, 6) is -0.102. The average molecular weight is 333 g/mol. The van der Waals surface area contributed by atoms with Gasteiger partial charge in [0.25, 0.3) is 0 Å². The Morgan fingerprint density at radius 2 is 1.64 bits per heavy atom. The number of likely N-dealkylation sites (tertiary alicyclic amines) is 1. The number of anilines is 1. The fraction of sp³-hybridized carbons (Fsp3) is 0.333. The highest BCUT2D eigenvalue weighted by molar-refractivity contribution is 5.95. The monoisotopic (exact) mass is 333 g/mol. The van der Waals surface area contributed by atoms with Crippen LogP contribution in [0.2, 0.25) is 0 Å². The van der Waals surface area contributed by atoms with Gasteiger partial charge in [0, 0.05) is 31.4 Å². The van der Waals surface area contributed by atoms with Crippen molar-refractivity contribution in [1.82, 2.24) is 4.90 Å². The molecule has 1 aliphatic heterocycles. The molecule has 0 spiro atoms. The summed E-state index contributed by atoms with van der Waals surface area (Å²) in [6.45, 7) is 2.87. The van der Waals surface area contributed by atoms with Gasteiger partial charge in [0.15, 0.2) is 0 Å². The third-order valence-electron chi connectivity index (χ3n) is 4.70. The molecule has 2 aromatic rings. The molecule has 0 saturated carbocycles. The first-order chi connectivity index (χ1) is 12.3. The van der Waals surface area contributed by atoms with Crippen LogP contribution in [-0.2, 0) is 11.3 Å². The lowest BCUT2D eigenvalue weighted by Crippen LogP contribution is -2.47. The number of hydrogen-bond acceptors (Lipinski definition) is 3. The zero-order valence-electron chi connectivity index (χ0n) is 14.3. The number of piperidine rings is 1. The quantitative estimate of drug-likeness (QED) is 0.840. The van der Waals surface area contributed by atoms with E-state index in [1.165, 1.54) is 5.56 Å². The van der Waals surface area contributed by atoms with Gasteiger partial charge in [0.2, 0.25) is 5.91 Å². The first-order valence-electron chi connectivity index (χ1n) is 8.78. The Morgan fingerprint density at radius 1 is 1.04 bits per heavy atom. The molecule has 1 heterocycles. The number of carbonyl (C=O) groups excluding carboxylic acids is 1. The maximum atomic E-state index is 12.5. The highest BCUT2D eigenvalue weighted by Crippen LogP contribution is 2.25. The van der Waals surface area contributed by atoms with E-state index in [4.69, 9.17) is 5.26 Å². The molecule has 0 atom stereocenters. The second kappa shape index (κ2) is 8.46. The molecule has 1 fully saturated rings. The van der Waals surface area contributed by atoms with E-state index in [2.05, 4.69) is 29.2 Å². The molecule has 0 N–H and O–H groups in total. The van der Waals surface area contributed by atoms with Gasteiger partial charge in [-0.05, 0) is 30.5 Å². The predicted octanol–water partition coefficient (Wildman–Crippen LogP) is 3.60. The molecule has 1 amide bonds. The van der Waals surface area contributed by atoms with Gasteiger partial charge in [-0.2, -0.15) is 5.26 Å². The van der Waals surface area contributed by atoms with Crippen molar-refractivity contribution in [1.29, 1.82) is 5.26 Å². The summed E-state index contributed by atoms with van der Waals surface area (Å²) in [6, 6.07) is 22.4. The zero-order valence-corrected chi connectivity index (χ0v) is 14.3. The van der Waals surface area contributed by atoms with Gasteiger partial charge in [-0.1, -0.05) is 48.5 Å². The van der Waals surface area contributed by atoms with Gasteiger partial charge in [-0.15, -0.1) is 0 Å². The molecule has 25 heavy (non-hydrogen) atoms. The highest BCUT2D eigenvalue weighted by Gasteiger charge is 2.28. The smallest absolute Gasteiger partial charge is 0.241 e. The van der Waals surface area contributed by atoms with Crippen molar-refractivity contribution < 1.29 is 4.79 Å². The molecule has 0 radical (unpaired) electrons. The van der Waals surface area contributed by atoms with E-state index in [9.17, 15) is 4.79 Å². The minimum Gasteiger partial charge on any atom is -0.308 e. The van der Waals surface area contributed by atoms with Crippen molar-refractivity contribution in [2.75, 3.05) is 18.0 Å². The van der Waals surface area contributed by atoms with Crippen LogP contribution in [0.25, 0.3) is 0 Å². The second-order valence-electron chi connectivity index (χ2n) is 6.43. The molecule has 1 saturated heterocycles. The molecule has 2 aromatic carbocycles. The lowest BCUT2D eigenvalue weighted by Gasteiger charge is -2.38. The van der Waals surface area contributed by atoms with E-state index in [1.807, 2.05) is 47.4 Å². The fourth-order valence-corrected chi connectivity index (χ4v) is 3.48. The summed E-state index contributed by atoms with van der Waals surface area (Å²) in [5.41, 5.74) is 2.21. The van der Waals surface area contributed by atoms with Gasteiger partial charge >= 0.3 is 0 Å². The fourth-order valence-electron chi connectivity index (χ4n) is 3.48. The van der Waals surface area contributed by atoms with Crippen molar-refractivity contribution in [3.8, 4) is 6.07 Å². The van der Waals surface area contributed by atoms with E-state index in [1.54, 1.807) is 0 Å². The number of amides is 1. The summed E-state index contributed by atoms with van der Waals surface area (Å²) in [5, 5.41) is 8.93. The van der Waals surface area contributed by atoms with E-state index in [0.29, 0.717) is 0 Å². The number of rotatable bonds is 5. The number of benzene rings is 2. The normalized spacial score (nSPS) is 15.5. The standard InChI is InChI=1S/C21H23N3O/c22-14-11-21(25)24(19-9-5-2-6-10-19)20-12-15-23(16-13-20)17-18-7-3-1-4-8-18/h1-10,20H,11-13,15-17H2. The Hall–Kier alpha value is -2.64. The molecule has 0 bridgehead atoms. The minimum absolute atomic E-state index is 0.0703. The van der Waals surface area contributed by atoms with Gasteiger partial charge in [0.05, 0.1) is 6.07 Å². The SMILES string of the molecule is N#CCC(=O)N(c1ccccc1)C1CCN(Cc2ccccc2)CC1. The van der Waals surface area contributed by atoms with Crippen molar-refractivity contribution in [2.45, 2.75) is 31.8 Å². The zero-order chi connectivity index (χ0) is 17.5. The van der Waals surface area contributed by atoms with Crippen molar-refractivity contribution >= 4 is 11.6 Å². The number of nitrogens with zero attached hydrogens (tertiary/aromatic N) is 3. The van der Waals surface area contributed by atoms with Crippen LogP contribution in [0.15, 0.2) is 60.7 Å². The molecular weight excluding hydrogens is 310 g/mol. The molecule has 0 unspecified atom stereocenters. The Morgan fingerprint density at radius 3 is 2.24 bits per heavy atom. The first-order valence-corrected chi connectivity index (χ1v) is 8.78. The molecule has 128 valence electrons. The average Bonchev–Trinajstić information content (AvgIpc) is 2.65. The van der Waals surface area contributed by atoms with E-state index in [-0.39, 0.29) is 18.4 Å². The van der Waals surface area contributed by atoms with E-state index < -0.39 is 0 Å². The Balaban J connectivity index is 1.66. The molecule has 4 heteroatoms. The summed E-state index contributed by atoms with van der Waals surface area (Å²) in [4.78, 5) is 16.8. The largest absolute Gasteiger partial charge is 0.308 e. The number of carbonyl (C=O) groups is 1. The number of para-hydroxylation sites is 1. The Bertz CT molecular complexity index is 716. The molecule has 1 aliphatic rings. The molecule has 3 rings (SSSR count). The number of hydrogen-bond donors (Lipinski definition) is 0. The molecule has 4 nitrogen and oxygen atoms in total. The molecule has 0 aliphatic carbocycles. The van der Waals surface area contributed by atoms with Gasteiger partial charge < -0.3 is 4.90 Å². The van der Waals surface area contributed by atoms with Crippen molar-refractivity contribution in [3.05, 3.63) is 66.2 Å². The van der Waals surface area contributed by atoms with Crippen LogP contribution < -0.4 is 4.90 Å². The number of nitriles is 1. The summed E-state index contributed by atoms with van der Waals surface area (Å²) >= 11 is 0. The van der Waals surface area contributed by atoms with Gasteiger partial charge in [0.1, 0.15) is 6.42 Å². The van der Waals surface area contributed by atoms with Crippen LogP contribution in [0, 0.1) is 11.3 Å². The van der Waals surface area contributed by atoms with E-state index in [0.717, 1.165) is 38.2 Å². The highest BCUT2D eigenvalue weighted by atomic mass is 16.2. The second-order valence-corrected chi connectivity index (χ2v) is 6.43. The van der Waals surface area contributed by atoms with Crippen LogP contribution in [0.5, 0.6) is 0 Å². The molecule has 0 aromatic heterocycles. The maximum absolute atomic E-state index is 12.5. The summed E-state index contributed by atoms with van der Waals surface area (Å²) < 4.78 is 0. The Kier molecular flexibility index (Phi) is 5.81. The minimum atomic E-state index is -0.102. The third-order valence-corrected chi connectivity index (χ3v) is 4.70. The lowest BCUT2D eigenvalue weighted by atomic mass is 10.0. The topological polar surface area (TPSA) is 47.3 Å². The van der Waals surface area contributed by atoms with Crippen LogP contribution in [-0.4, -0.2) is 29.9 Å². The Labute approximate surface area is 149 Å². The van der Waals surface area contributed by atoms with Crippen LogP contribution in [0.4, 0.5) is 5.69 Å². The van der Waals surface area contributed by atoms with Crippen molar-refractivity contribution in [3.63, 3.8) is 0 Å². The summed E-state index contributed by atoms with van der Waals surface area (Å²) in [7, 11) is 0. The van der Waals surface area contributed by atoms with Crippen molar-refractivity contribution in [2.24, 2.45) is 0 Å². The van der Waals surface area contributed by atoms with Crippen LogP contribution in [0.3, 0.4) is 0 Å².